The fourth-order valence-corrected chi connectivity index (χ4v) is 1.65. The first-order valence-corrected chi connectivity index (χ1v) is 5.83. The van der Waals surface area contributed by atoms with Gasteiger partial charge in [0.1, 0.15) is 5.82 Å². The molecule has 1 unspecified atom stereocenters. The van der Waals surface area contributed by atoms with Gasteiger partial charge in [0.15, 0.2) is 0 Å². The van der Waals surface area contributed by atoms with E-state index in [9.17, 15) is 17.6 Å². The van der Waals surface area contributed by atoms with Crippen molar-refractivity contribution in [1.82, 2.24) is 5.32 Å². The Morgan fingerprint density at radius 2 is 2.00 bits per heavy atom. The minimum atomic E-state index is -4.56. The van der Waals surface area contributed by atoms with E-state index in [1.807, 2.05) is 13.0 Å². The molecular weight excluding hydrogens is 260 g/mol. The third-order valence-electron chi connectivity index (χ3n) is 2.71. The zero-order valence-corrected chi connectivity index (χ0v) is 10.4. The van der Waals surface area contributed by atoms with Gasteiger partial charge in [0, 0.05) is 12.6 Å². The van der Waals surface area contributed by atoms with Crippen LogP contribution in [0.15, 0.2) is 18.2 Å². The monoisotopic (exact) mass is 274 g/mol. The van der Waals surface area contributed by atoms with Crippen LogP contribution in [0.4, 0.5) is 17.6 Å². The topological polar surface area (TPSA) is 35.8 Å². The van der Waals surface area contributed by atoms with Crippen molar-refractivity contribution in [3.63, 3.8) is 0 Å². The SMILES string of the molecule is CCC(CC#N)NCc1cc(F)cc(C(F)(F)F)c1. The average Bonchev–Trinajstić information content (AvgIpc) is 2.32. The summed E-state index contributed by atoms with van der Waals surface area (Å²) in [6, 6.07) is 4.31. The molecule has 0 saturated heterocycles. The third kappa shape index (κ3) is 4.87. The van der Waals surface area contributed by atoms with Crippen LogP contribution in [0.5, 0.6) is 0 Å². The summed E-state index contributed by atoms with van der Waals surface area (Å²) in [7, 11) is 0. The van der Waals surface area contributed by atoms with Gasteiger partial charge >= 0.3 is 6.18 Å². The maximum absolute atomic E-state index is 13.1. The number of nitrogens with zero attached hydrogens (tertiary/aromatic N) is 1. The summed E-state index contributed by atoms with van der Waals surface area (Å²) >= 11 is 0. The van der Waals surface area contributed by atoms with Crippen LogP contribution in [0.1, 0.15) is 30.9 Å². The lowest BCUT2D eigenvalue weighted by Crippen LogP contribution is -2.27. The highest BCUT2D eigenvalue weighted by atomic mass is 19.4. The van der Waals surface area contributed by atoms with Crippen LogP contribution in [-0.4, -0.2) is 6.04 Å². The van der Waals surface area contributed by atoms with Crippen molar-refractivity contribution in [2.45, 2.75) is 38.5 Å². The lowest BCUT2D eigenvalue weighted by molar-refractivity contribution is -0.137. The molecule has 1 N–H and O–H groups in total. The highest BCUT2D eigenvalue weighted by Crippen LogP contribution is 2.30. The second-order valence-corrected chi connectivity index (χ2v) is 4.19. The van der Waals surface area contributed by atoms with Gasteiger partial charge in [-0.05, 0) is 30.2 Å². The van der Waals surface area contributed by atoms with E-state index in [4.69, 9.17) is 5.26 Å². The number of rotatable bonds is 5. The largest absolute Gasteiger partial charge is 0.416 e. The molecule has 1 aromatic carbocycles. The van der Waals surface area contributed by atoms with Crippen molar-refractivity contribution in [2.75, 3.05) is 0 Å². The van der Waals surface area contributed by atoms with Crippen LogP contribution < -0.4 is 5.32 Å². The Morgan fingerprint density at radius 3 is 2.53 bits per heavy atom. The van der Waals surface area contributed by atoms with Crippen molar-refractivity contribution in [3.05, 3.63) is 35.1 Å². The molecule has 19 heavy (non-hydrogen) atoms. The van der Waals surface area contributed by atoms with E-state index in [-0.39, 0.29) is 24.6 Å². The highest BCUT2D eigenvalue weighted by Gasteiger charge is 2.31. The molecule has 2 nitrogen and oxygen atoms in total. The Hall–Kier alpha value is -1.61. The Bertz CT molecular complexity index is 463. The van der Waals surface area contributed by atoms with Crippen LogP contribution in [0, 0.1) is 17.1 Å². The fraction of sp³-hybridized carbons (Fsp3) is 0.462. The molecule has 0 radical (unpaired) electrons. The van der Waals surface area contributed by atoms with E-state index >= 15 is 0 Å². The molecule has 0 spiro atoms. The quantitative estimate of drug-likeness (QED) is 0.832. The van der Waals surface area contributed by atoms with Crippen LogP contribution in [-0.2, 0) is 12.7 Å². The molecule has 0 aromatic heterocycles. The molecule has 6 heteroatoms. The first kappa shape index (κ1) is 15.4. The summed E-state index contributed by atoms with van der Waals surface area (Å²) in [5, 5.41) is 11.5. The van der Waals surface area contributed by atoms with Crippen LogP contribution in [0.25, 0.3) is 0 Å². The molecular formula is C13H14F4N2. The Balaban J connectivity index is 2.79. The van der Waals surface area contributed by atoms with Crippen molar-refractivity contribution < 1.29 is 17.6 Å². The molecule has 0 amide bonds. The van der Waals surface area contributed by atoms with Crippen molar-refractivity contribution in [1.29, 1.82) is 5.26 Å². The first-order valence-electron chi connectivity index (χ1n) is 5.83. The van der Waals surface area contributed by atoms with Gasteiger partial charge in [0.05, 0.1) is 18.1 Å². The van der Waals surface area contributed by atoms with Gasteiger partial charge in [-0.1, -0.05) is 6.92 Å². The molecule has 104 valence electrons. The normalized spacial score (nSPS) is 13.1. The minimum absolute atomic E-state index is 0.0982. The molecule has 0 fully saturated rings. The van der Waals surface area contributed by atoms with Crippen molar-refractivity contribution >= 4 is 0 Å². The van der Waals surface area contributed by atoms with Crippen molar-refractivity contribution in [2.24, 2.45) is 0 Å². The Kier molecular flexibility index (Phi) is 5.31. The maximum atomic E-state index is 13.1. The van der Waals surface area contributed by atoms with Crippen LogP contribution in [0.2, 0.25) is 0 Å². The van der Waals surface area contributed by atoms with Crippen molar-refractivity contribution in [3.8, 4) is 6.07 Å². The maximum Gasteiger partial charge on any atom is 0.416 e. The summed E-state index contributed by atoms with van der Waals surface area (Å²) in [6.07, 6.45) is -3.62. The molecule has 0 heterocycles. The van der Waals surface area contributed by atoms with Crippen LogP contribution in [0.3, 0.4) is 0 Å². The van der Waals surface area contributed by atoms with Crippen LogP contribution >= 0.6 is 0 Å². The van der Waals surface area contributed by atoms with E-state index < -0.39 is 17.6 Å². The fourth-order valence-electron chi connectivity index (χ4n) is 1.65. The number of nitriles is 1. The summed E-state index contributed by atoms with van der Waals surface area (Å²) in [6.45, 7) is 1.96. The Morgan fingerprint density at radius 1 is 1.32 bits per heavy atom. The summed E-state index contributed by atoms with van der Waals surface area (Å²) in [4.78, 5) is 0. The lowest BCUT2D eigenvalue weighted by Gasteiger charge is -2.14. The van der Waals surface area contributed by atoms with Gasteiger partial charge in [-0.25, -0.2) is 4.39 Å². The molecule has 0 aliphatic rings. The van der Waals surface area contributed by atoms with E-state index in [1.54, 1.807) is 0 Å². The number of alkyl halides is 3. The Labute approximate surface area is 109 Å². The van der Waals surface area contributed by atoms with Gasteiger partial charge in [0.25, 0.3) is 0 Å². The molecule has 0 saturated carbocycles. The van der Waals surface area contributed by atoms with E-state index in [0.29, 0.717) is 12.5 Å². The number of benzene rings is 1. The number of hydrogen-bond donors (Lipinski definition) is 1. The van der Waals surface area contributed by atoms with Gasteiger partial charge in [0.2, 0.25) is 0 Å². The molecule has 1 aromatic rings. The van der Waals surface area contributed by atoms with Gasteiger partial charge in [-0.3, -0.25) is 0 Å². The molecule has 1 atom stereocenters. The number of halogens is 4. The third-order valence-corrected chi connectivity index (χ3v) is 2.71. The number of nitrogens with one attached hydrogen (secondary N) is 1. The summed E-state index contributed by atoms with van der Waals surface area (Å²) < 4.78 is 50.6. The van der Waals surface area contributed by atoms with Gasteiger partial charge in [-0.2, -0.15) is 18.4 Å². The predicted molar refractivity (Wildman–Crippen MR) is 62.6 cm³/mol. The second-order valence-electron chi connectivity index (χ2n) is 4.19. The van der Waals surface area contributed by atoms with E-state index in [2.05, 4.69) is 5.32 Å². The first-order chi connectivity index (χ1) is 8.86. The van der Waals surface area contributed by atoms with Gasteiger partial charge < -0.3 is 5.32 Å². The number of hydrogen-bond acceptors (Lipinski definition) is 2. The van der Waals surface area contributed by atoms with E-state index in [0.717, 1.165) is 12.1 Å². The predicted octanol–water partition coefficient (Wildman–Crippen LogP) is 3.63. The zero-order valence-electron chi connectivity index (χ0n) is 10.4. The zero-order chi connectivity index (χ0) is 14.5. The second kappa shape index (κ2) is 6.53. The molecule has 1 rings (SSSR count). The average molecular weight is 274 g/mol. The molecule has 0 bridgehead atoms. The smallest absolute Gasteiger partial charge is 0.309 e. The van der Waals surface area contributed by atoms with E-state index in [1.165, 1.54) is 0 Å². The summed E-state index contributed by atoms with van der Waals surface area (Å²) in [5.74, 6) is -0.917. The molecule has 0 aliphatic heterocycles. The lowest BCUT2D eigenvalue weighted by atomic mass is 10.1. The summed E-state index contributed by atoms with van der Waals surface area (Å²) in [5.41, 5.74) is -0.790. The highest BCUT2D eigenvalue weighted by molar-refractivity contribution is 5.26. The molecule has 0 aliphatic carbocycles. The minimum Gasteiger partial charge on any atom is -0.309 e. The standard InChI is InChI=1S/C13H14F4N2/c1-2-12(3-4-18)19-8-9-5-10(13(15,16)17)7-11(14)6-9/h5-7,12,19H,2-3,8H2,1H3. The van der Waals surface area contributed by atoms with Gasteiger partial charge in [-0.15, -0.1) is 0 Å².